The number of rotatable bonds is 2. The normalized spacial score (nSPS) is 9.77. The summed E-state index contributed by atoms with van der Waals surface area (Å²) in [5.74, 6) is -1.22. The Morgan fingerprint density at radius 1 is 1.46 bits per heavy atom. The summed E-state index contributed by atoms with van der Waals surface area (Å²) in [6.07, 6.45) is 0. The van der Waals surface area contributed by atoms with Crippen molar-refractivity contribution in [1.29, 1.82) is 0 Å². The first kappa shape index (κ1) is 9.62. The zero-order valence-corrected chi connectivity index (χ0v) is 6.35. The molecule has 0 atom stereocenters. The Balaban J connectivity index is 3.26. The van der Waals surface area contributed by atoms with Gasteiger partial charge in [-0.05, 0) is 0 Å². The van der Waals surface area contributed by atoms with Gasteiger partial charge in [-0.3, -0.25) is 10.1 Å². The molecule has 0 saturated heterocycles. The van der Waals surface area contributed by atoms with Crippen molar-refractivity contribution in [3.63, 3.8) is 0 Å². The molecule has 1 aromatic carbocycles. The number of nitro benzene ring substituents is 1. The van der Waals surface area contributed by atoms with E-state index in [0.29, 0.717) is 0 Å². The SMILES string of the molecule is O=[N+]([O-])c1cccc(B(O)O)c1F. The van der Waals surface area contributed by atoms with Crippen molar-refractivity contribution < 1.29 is 19.4 Å². The summed E-state index contributed by atoms with van der Waals surface area (Å²) in [6.45, 7) is 0. The lowest BCUT2D eigenvalue weighted by Crippen LogP contribution is -2.33. The van der Waals surface area contributed by atoms with Gasteiger partial charge in [0, 0.05) is 11.5 Å². The van der Waals surface area contributed by atoms with Gasteiger partial charge in [0.2, 0.25) is 0 Å². The third kappa shape index (κ3) is 1.82. The third-order valence-electron chi connectivity index (χ3n) is 1.48. The Hall–Kier alpha value is -1.47. The van der Waals surface area contributed by atoms with Crippen LogP contribution in [0.5, 0.6) is 0 Å². The fraction of sp³-hybridized carbons (Fsp3) is 0. The number of nitro groups is 1. The first-order chi connectivity index (χ1) is 6.04. The van der Waals surface area contributed by atoms with Gasteiger partial charge in [-0.2, -0.15) is 4.39 Å². The van der Waals surface area contributed by atoms with Crippen molar-refractivity contribution in [3.8, 4) is 0 Å². The van der Waals surface area contributed by atoms with Crippen LogP contribution in [0.4, 0.5) is 10.1 Å². The van der Waals surface area contributed by atoms with Crippen LogP contribution >= 0.6 is 0 Å². The first-order valence-corrected chi connectivity index (χ1v) is 3.33. The van der Waals surface area contributed by atoms with Crippen LogP contribution in [0.2, 0.25) is 0 Å². The minimum Gasteiger partial charge on any atom is -0.423 e. The smallest absolute Gasteiger partial charge is 0.423 e. The number of hydrogen-bond donors (Lipinski definition) is 2. The van der Waals surface area contributed by atoms with Crippen molar-refractivity contribution in [2.75, 3.05) is 0 Å². The molecule has 0 amide bonds. The largest absolute Gasteiger partial charge is 0.491 e. The number of nitrogens with zero attached hydrogens (tertiary/aromatic N) is 1. The van der Waals surface area contributed by atoms with Crippen molar-refractivity contribution in [2.45, 2.75) is 0 Å². The van der Waals surface area contributed by atoms with Gasteiger partial charge < -0.3 is 10.0 Å². The quantitative estimate of drug-likeness (QED) is 0.366. The van der Waals surface area contributed by atoms with E-state index in [-0.39, 0.29) is 0 Å². The zero-order chi connectivity index (χ0) is 10.0. The third-order valence-corrected chi connectivity index (χ3v) is 1.48. The summed E-state index contributed by atoms with van der Waals surface area (Å²) in [6, 6.07) is 3.18. The van der Waals surface area contributed by atoms with E-state index < -0.39 is 29.0 Å². The van der Waals surface area contributed by atoms with Crippen LogP contribution in [0.1, 0.15) is 0 Å². The van der Waals surface area contributed by atoms with E-state index >= 15 is 0 Å². The van der Waals surface area contributed by atoms with E-state index in [1.54, 1.807) is 0 Å². The van der Waals surface area contributed by atoms with Gasteiger partial charge in [0.1, 0.15) is 0 Å². The van der Waals surface area contributed by atoms with E-state index in [4.69, 9.17) is 10.0 Å². The monoisotopic (exact) mass is 185 g/mol. The molecule has 1 aromatic rings. The Bertz CT molecular complexity index is 343. The highest BCUT2D eigenvalue weighted by Crippen LogP contribution is 2.13. The maximum Gasteiger partial charge on any atom is 0.491 e. The highest BCUT2D eigenvalue weighted by molar-refractivity contribution is 6.58. The molecule has 13 heavy (non-hydrogen) atoms. The van der Waals surface area contributed by atoms with E-state index in [9.17, 15) is 14.5 Å². The second-order valence-corrected chi connectivity index (χ2v) is 2.31. The fourth-order valence-electron chi connectivity index (χ4n) is 0.878. The van der Waals surface area contributed by atoms with Gasteiger partial charge in [-0.15, -0.1) is 0 Å². The second kappa shape index (κ2) is 3.50. The van der Waals surface area contributed by atoms with Crippen LogP contribution in [0.15, 0.2) is 18.2 Å². The molecule has 0 spiro atoms. The predicted octanol–water partition coefficient (Wildman–Crippen LogP) is -0.586. The molecular weight excluding hydrogens is 180 g/mol. The topological polar surface area (TPSA) is 83.6 Å². The highest BCUT2D eigenvalue weighted by Gasteiger charge is 2.23. The van der Waals surface area contributed by atoms with E-state index in [2.05, 4.69) is 0 Å². The Morgan fingerprint density at radius 2 is 2.08 bits per heavy atom. The van der Waals surface area contributed by atoms with Gasteiger partial charge in [-0.1, -0.05) is 12.1 Å². The minimum absolute atomic E-state index is 0.505. The van der Waals surface area contributed by atoms with Crippen molar-refractivity contribution in [1.82, 2.24) is 0 Å². The molecule has 1 rings (SSSR count). The van der Waals surface area contributed by atoms with Crippen LogP contribution in [-0.2, 0) is 0 Å². The molecule has 0 unspecified atom stereocenters. The molecule has 0 aliphatic rings. The Labute approximate surface area is 72.7 Å². The van der Waals surface area contributed by atoms with Crippen molar-refractivity contribution in [3.05, 3.63) is 34.1 Å². The van der Waals surface area contributed by atoms with E-state index in [1.165, 1.54) is 6.07 Å². The van der Waals surface area contributed by atoms with Crippen molar-refractivity contribution in [2.24, 2.45) is 0 Å². The molecular formula is C6H5BFNO4. The summed E-state index contributed by atoms with van der Waals surface area (Å²) < 4.78 is 13.0. The van der Waals surface area contributed by atoms with Gasteiger partial charge in [0.25, 0.3) is 0 Å². The molecule has 0 fully saturated rings. The summed E-state index contributed by atoms with van der Waals surface area (Å²) in [7, 11) is -2.04. The highest BCUT2D eigenvalue weighted by atomic mass is 19.1. The average molecular weight is 185 g/mol. The predicted molar refractivity (Wildman–Crippen MR) is 42.9 cm³/mol. The molecule has 7 heteroatoms. The summed E-state index contributed by atoms with van der Waals surface area (Å²) in [4.78, 5) is 9.27. The average Bonchev–Trinajstić information content (AvgIpc) is 2.03. The van der Waals surface area contributed by atoms with Crippen LogP contribution in [0.3, 0.4) is 0 Å². The fourth-order valence-corrected chi connectivity index (χ4v) is 0.878. The maximum atomic E-state index is 13.0. The molecule has 5 nitrogen and oxygen atoms in total. The van der Waals surface area contributed by atoms with E-state index in [1.807, 2.05) is 0 Å². The number of hydrogen-bond acceptors (Lipinski definition) is 4. The number of benzene rings is 1. The summed E-state index contributed by atoms with van der Waals surface area (Å²) in [5.41, 5.74) is -1.28. The summed E-state index contributed by atoms with van der Waals surface area (Å²) >= 11 is 0. The first-order valence-electron chi connectivity index (χ1n) is 3.33. The molecule has 0 bridgehead atoms. The van der Waals surface area contributed by atoms with E-state index in [0.717, 1.165) is 12.1 Å². The Morgan fingerprint density at radius 3 is 2.54 bits per heavy atom. The molecule has 0 aromatic heterocycles. The summed E-state index contributed by atoms with van der Waals surface area (Å²) in [5, 5.41) is 27.4. The lowest BCUT2D eigenvalue weighted by Gasteiger charge is -2.00. The second-order valence-electron chi connectivity index (χ2n) is 2.31. The van der Waals surface area contributed by atoms with Gasteiger partial charge in [0.15, 0.2) is 5.82 Å². The molecule has 0 radical (unpaired) electrons. The molecule has 0 heterocycles. The lowest BCUT2D eigenvalue weighted by molar-refractivity contribution is -0.387. The molecule has 68 valence electrons. The molecule has 0 aliphatic heterocycles. The van der Waals surface area contributed by atoms with Crippen LogP contribution in [0.25, 0.3) is 0 Å². The number of halogens is 1. The van der Waals surface area contributed by atoms with Crippen molar-refractivity contribution >= 4 is 18.3 Å². The van der Waals surface area contributed by atoms with Crippen LogP contribution in [-0.4, -0.2) is 22.1 Å². The maximum absolute atomic E-state index is 13.0. The standard InChI is InChI=1S/C6H5BFNO4/c8-6-4(7(10)11)2-1-3-5(6)9(12)13/h1-3,10-11H. The molecule has 2 N–H and O–H groups in total. The molecule has 0 aliphatic carbocycles. The Kier molecular flexibility index (Phi) is 2.59. The van der Waals surface area contributed by atoms with Gasteiger partial charge >= 0.3 is 12.8 Å². The lowest BCUT2D eigenvalue weighted by atomic mass is 9.79. The van der Waals surface area contributed by atoms with Crippen LogP contribution < -0.4 is 5.46 Å². The van der Waals surface area contributed by atoms with Gasteiger partial charge in [0.05, 0.1) is 4.92 Å². The molecule has 0 saturated carbocycles. The van der Waals surface area contributed by atoms with Crippen LogP contribution in [0, 0.1) is 15.9 Å². The van der Waals surface area contributed by atoms with Gasteiger partial charge in [-0.25, -0.2) is 0 Å². The zero-order valence-electron chi connectivity index (χ0n) is 6.35. The minimum atomic E-state index is -2.04.